The van der Waals surface area contributed by atoms with Crippen LogP contribution in [0, 0.1) is 19.5 Å². The lowest BCUT2D eigenvalue weighted by Gasteiger charge is -2.01. The number of carbonyl (C=O) groups is 1. The third-order valence-corrected chi connectivity index (χ3v) is 1.33. The van der Waals surface area contributed by atoms with Gasteiger partial charge in [0.1, 0.15) is 11.9 Å². The van der Waals surface area contributed by atoms with E-state index < -0.39 is 6.16 Å². The molecule has 0 saturated heterocycles. The van der Waals surface area contributed by atoms with E-state index in [1.54, 1.807) is 24.3 Å². The van der Waals surface area contributed by atoms with Crippen molar-refractivity contribution in [2.24, 2.45) is 0 Å². The Morgan fingerprint density at radius 2 is 2.31 bits per heavy atom. The summed E-state index contributed by atoms with van der Waals surface area (Å²) in [6.45, 7) is 1.89. The van der Waals surface area contributed by atoms with E-state index >= 15 is 0 Å². The van der Waals surface area contributed by atoms with Crippen molar-refractivity contribution in [2.45, 2.75) is 6.92 Å². The maximum Gasteiger partial charge on any atom is 0.528 e. The Morgan fingerprint density at radius 3 is 2.92 bits per heavy atom. The number of benzene rings is 1. The molecule has 0 amide bonds. The van der Waals surface area contributed by atoms with Gasteiger partial charge in [-0.2, -0.15) is 0 Å². The van der Waals surface area contributed by atoms with Crippen molar-refractivity contribution in [3.8, 4) is 18.3 Å². The van der Waals surface area contributed by atoms with Crippen LogP contribution in [0.25, 0.3) is 0 Å². The van der Waals surface area contributed by atoms with Gasteiger partial charge >= 0.3 is 6.16 Å². The van der Waals surface area contributed by atoms with Crippen LogP contribution in [-0.4, -0.2) is 6.16 Å². The number of hydrogen-bond donors (Lipinski definition) is 0. The van der Waals surface area contributed by atoms with Gasteiger partial charge in [-0.3, -0.25) is 0 Å². The van der Waals surface area contributed by atoms with Gasteiger partial charge in [0.15, 0.2) is 0 Å². The Morgan fingerprint density at radius 1 is 1.54 bits per heavy atom. The summed E-state index contributed by atoms with van der Waals surface area (Å²) in [4.78, 5) is 10.7. The van der Waals surface area contributed by atoms with Crippen LogP contribution in [0.2, 0.25) is 0 Å². The molecule has 1 aromatic carbocycles. The van der Waals surface area contributed by atoms with Gasteiger partial charge in [0, 0.05) is 0 Å². The SMILES string of the molecule is C#COC(=O)Oc1cccc(C)c1. The summed E-state index contributed by atoms with van der Waals surface area (Å²) >= 11 is 0. The quantitative estimate of drug-likeness (QED) is 0.373. The molecule has 1 rings (SSSR count). The molecule has 3 heteroatoms. The van der Waals surface area contributed by atoms with Crippen LogP contribution in [0.3, 0.4) is 0 Å². The summed E-state index contributed by atoms with van der Waals surface area (Å²) in [6, 6.07) is 7.01. The molecule has 0 atom stereocenters. The van der Waals surface area contributed by atoms with Crippen molar-refractivity contribution in [1.29, 1.82) is 0 Å². The van der Waals surface area contributed by atoms with E-state index in [4.69, 9.17) is 11.2 Å². The lowest BCUT2D eigenvalue weighted by atomic mass is 10.2. The van der Waals surface area contributed by atoms with E-state index in [0.717, 1.165) is 5.56 Å². The van der Waals surface area contributed by atoms with Crippen LogP contribution in [0.15, 0.2) is 24.3 Å². The van der Waals surface area contributed by atoms with E-state index in [0.29, 0.717) is 5.75 Å². The van der Waals surface area contributed by atoms with Crippen molar-refractivity contribution >= 4 is 6.16 Å². The van der Waals surface area contributed by atoms with E-state index in [-0.39, 0.29) is 0 Å². The molecule has 13 heavy (non-hydrogen) atoms. The number of carbonyl (C=O) groups excluding carboxylic acids is 1. The minimum atomic E-state index is -0.895. The monoisotopic (exact) mass is 176 g/mol. The van der Waals surface area contributed by atoms with Crippen molar-refractivity contribution in [2.75, 3.05) is 0 Å². The average molecular weight is 176 g/mol. The second-order valence-electron chi connectivity index (χ2n) is 2.39. The van der Waals surface area contributed by atoms with Gasteiger partial charge in [0.25, 0.3) is 0 Å². The standard InChI is InChI=1S/C10H8O3/c1-3-12-10(11)13-9-6-4-5-8(2)7-9/h1,4-7H,2H3. The summed E-state index contributed by atoms with van der Waals surface area (Å²) in [5, 5.41) is 0. The third kappa shape index (κ3) is 2.88. The first-order valence-corrected chi connectivity index (χ1v) is 3.63. The molecule has 0 spiro atoms. The molecule has 0 unspecified atom stereocenters. The van der Waals surface area contributed by atoms with Crippen molar-refractivity contribution in [3.63, 3.8) is 0 Å². The van der Waals surface area contributed by atoms with Gasteiger partial charge in [-0.1, -0.05) is 18.6 Å². The Balaban J connectivity index is 2.65. The fourth-order valence-electron chi connectivity index (χ4n) is 0.844. The van der Waals surface area contributed by atoms with Gasteiger partial charge in [-0.15, -0.1) is 0 Å². The molecule has 66 valence electrons. The van der Waals surface area contributed by atoms with E-state index in [2.05, 4.69) is 4.74 Å². The number of rotatable bonds is 1. The predicted molar refractivity (Wildman–Crippen MR) is 47.1 cm³/mol. The largest absolute Gasteiger partial charge is 0.528 e. The maximum absolute atomic E-state index is 10.7. The highest BCUT2D eigenvalue weighted by Gasteiger charge is 2.03. The van der Waals surface area contributed by atoms with Gasteiger partial charge < -0.3 is 9.47 Å². The number of hydrogen-bond acceptors (Lipinski definition) is 3. The Hall–Kier alpha value is -1.95. The first-order valence-electron chi connectivity index (χ1n) is 3.63. The Kier molecular flexibility index (Phi) is 2.93. The molecule has 0 saturated carbocycles. The molecule has 0 aliphatic rings. The van der Waals surface area contributed by atoms with E-state index in [1.165, 1.54) is 0 Å². The fraction of sp³-hybridized carbons (Fsp3) is 0.100. The van der Waals surface area contributed by atoms with Gasteiger partial charge in [0.05, 0.1) is 0 Å². The number of ether oxygens (including phenoxy) is 2. The topological polar surface area (TPSA) is 35.5 Å². The lowest BCUT2D eigenvalue weighted by molar-refractivity contribution is 0.142. The first-order chi connectivity index (χ1) is 6.22. The average Bonchev–Trinajstić information content (AvgIpc) is 2.04. The van der Waals surface area contributed by atoms with Gasteiger partial charge in [-0.25, -0.2) is 4.79 Å². The van der Waals surface area contributed by atoms with Crippen LogP contribution in [-0.2, 0) is 4.74 Å². The molecule has 0 bridgehead atoms. The second kappa shape index (κ2) is 4.17. The molecular weight excluding hydrogens is 168 g/mol. The van der Waals surface area contributed by atoms with E-state index in [1.807, 2.05) is 13.0 Å². The van der Waals surface area contributed by atoms with E-state index in [9.17, 15) is 4.79 Å². The molecule has 3 nitrogen and oxygen atoms in total. The Bertz CT molecular complexity index is 349. The molecule has 0 aliphatic heterocycles. The summed E-state index contributed by atoms with van der Waals surface area (Å²) in [7, 11) is 0. The molecule has 0 radical (unpaired) electrons. The molecule has 0 aliphatic carbocycles. The molecular formula is C10H8O3. The van der Waals surface area contributed by atoms with Crippen LogP contribution in [0.4, 0.5) is 4.79 Å². The highest BCUT2D eigenvalue weighted by atomic mass is 16.7. The lowest BCUT2D eigenvalue weighted by Crippen LogP contribution is -2.06. The summed E-state index contributed by atoms with van der Waals surface area (Å²) in [5.41, 5.74) is 0.992. The minimum Gasteiger partial charge on any atom is -0.394 e. The number of aryl methyl sites for hydroxylation is 1. The third-order valence-electron chi connectivity index (χ3n) is 1.33. The molecule has 0 aromatic heterocycles. The zero-order valence-corrected chi connectivity index (χ0v) is 7.11. The molecule has 1 aromatic rings. The van der Waals surface area contributed by atoms with Crippen LogP contribution >= 0.6 is 0 Å². The molecule has 0 heterocycles. The molecule has 0 N–H and O–H groups in total. The summed E-state index contributed by atoms with van der Waals surface area (Å²) in [5.74, 6) is 0.417. The smallest absolute Gasteiger partial charge is 0.394 e. The number of terminal acetylenes is 1. The van der Waals surface area contributed by atoms with Crippen molar-refractivity contribution in [1.82, 2.24) is 0 Å². The first kappa shape index (κ1) is 9.14. The van der Waals surface area contributed by atoms with Crippen molar-refractivity contribution < 1.29 is 14.3 Å². The highest BCUT2D eigenvalue weighted by molar-refractivity contribution is 5.64. The summed E-state index contributed by atoms with van der Waals surface area (Å²) in [6.07, 6.45) is 5.57. The zero-order chi connectivity index (χ0) is 9.68. The maximum atomic E-state index is 10.7. The Labute approximate surface area is 76.3 Å². The second-order valence-corrected chi connectivity index (χ2v) is 2.39. The van der Waals surface area contributed by atoms with Crippen LogP contribution in [0.5, 0.6) is 5.75 Å². The van der Waals surface area contributed by atoms with Crippen LogP contribution in [0.1, 0.15) is 5.56 Å². The summed E-state index contributed by atoms with van der Waals surface area (Å²) < 4.78 is 8.88. The van der Waals surface area contributed by atoms with Gasteiger partial charge in [-0.05, 0) is 24.6 Å². The molecule has 0 fully saturated rings. The minimum absolute atomic E-state index is 0.417. The van der Waals surface area contributed by atoms with Crippen LogP contribution < -0.4 is 4.74 Å². The normalized spacial score (nSPS) is 8.62. The zero-order valence-electron chi connectivity index (χ0n) is 7.11. The van der Waals surface area contributed by atoms with Crippen molar-refractivity contribution in [3.05, 3.63) is 29.8 Å². The predicted octanol–water partition coefficient (Wildman–Crippen LogP) is 2.10. The van der Waals surface area contributed by atoms with Gasteiger partial charge in [0.2, 0.25) is 0 Å². The fourth-order valence-corrected chi connectivity index (χ4v) is 0.844. The highest BCUT2D eigenvalue weighted by Crippen LogP contribution is 2.12.